The second-order valence-electron chi connectivity index (χ2n) is 7.36. The van der Waals surface area contributed by atoms with Gasteiger partial charge in [0.25, 0.3) is 0 Å². The predicted octanol–water partition coefficient (Wildman–Crippen LogP) is 2.22. The van der Waals surface area contributed by atoms with Gasteiger partial charge in [-0.25, -0.2) is 4.79 Å². The van der Waals surface area contributed by atoms with E-state index >= 15 is 0 Å². The molecule has 2 aliphatic heterocycles. The molecular weight excluding hydrogens is 294 g/mol. The molecule has 1 aromatic rings. The summed E-state index contributed by atoms with van der Waals surface area (Å²) in [6, 6.07) is 3.83. The summed E-state index contributed by atoms with van der Waals surface area (Å²) in [5.41, 5.74) is 1.24. The molecule has 0 aromatic carbocycles. The molecule has 3 rings (SSSR count). The first-order valence-corrected chi connectivity index (χ1v) is 7.96. The van der Waals surface area contributed by atoms with E-state index in [1.54, 1.807) is 16.0 Å². The molecule has 3 heterocycles. The topological polar surface area (TPSA) is 62.7 Å². The van der Waals surface area contributed by atoms with Crippen molar-refractivity contribution in [2.75, 3.05) is 24.5 Å². The van der Waals surface area contributed by atoms with Gasteiger partial charge in [-0.05, 0) is 39.8 Å². The van der Waals surface area contributed by atoms with Gasteiger partial charge in [0.15, 0.2) is 0 Å². The van der Waals surface area contributed by atoms with E-state index in [0.717, 1.165) is 11.4 Å². The number of anilines is 1. The summed E-state index contributed by atoms with van der Waals surface area (Å²) in [4.78, 5) is 32.5. The summed E-state index contributed by atoms with van der Waals surface area (Å²) in [7, 11) is 0. The molecule has 6 heteroatoms. The van der Waals surface area contributed by atoms with Crippen LogP contribution in [-0.2, 0) is 9.53 Å². The van der Waals surface area contributed by atoms with Crippen molar-refractivity contribution < 1.29 is 14.3 Å². The van der Waals surface area contributed by atoms with E-state index in [2.05, 4.69) is 4.98 Å². The lowest BCUT2D eigenvalue weighted by molar-refractivity contribution is -0.120. The maximum atomic E-state index is 12.6. The summed E-state index contributed by atoms with van der Waals surface area (Å²) in [6.45, 7) is 9.10. The number of hydrogen-bond donors (Lipinski definition) is 0. The SMILES string of the molecule is Cc1ccc(N2CC3CN(C(=O)OC(C)(C)C)CC3C2=O)cn1. The summed E-state index contributed by atoms with van der Waals surface area (Å²) >= 11 is 0. The van der Waals surface area contributed by atoms with E-state index in [9.17, 15) is 9.59 Å². The minimum absolute atomic E-state index is 0.0757. The Labute approximate surface area is 136 Å². The smallest absolute Gasteiger partial charge is 0.410 e. The van der Waals surface area contributed by atoms with Crippen LogP contribution in [0.25, 0.3) is 0 Å². The van der Waals surface area contributed by atoms with E-state index in [1.807, 2.05) is 39.8 Å². The third-order valence-corrected chi connectivity index (χ3v) is 4.30. The fourth-order valence-electron chi connectivity index (χ4n) is 3.19. The van der Waals surface area contributed by atoms with Gasteiger partial charge >= 0.3 is 6.09 Å². The Morgan fingerprint density at radius 2 is 2.00 bits per heavy atom. The van der Waals surface area contributed by atoms with Crippen molar-refractivity contribution >= 4 is 17.7 Å². The Balaban J connectivity index is 1.67. The summed E-state index contributed by atoms with van der Waals surface area (Å²) in [5, 5.41) is 0. The average Bonchev–Trinajstić information content (AvgIpc) is 2.98. The number of ether oxygens (including phenoxy) is 1. The number of fused-ring (bicyclic) bond motifs is 1. The number of aryl methyl sites for hydroxylation is 1. The lowest BCUT2D eigenvalue weighted by Gasteiger charge is -2.26. The van der Waals surface area contributed by atoms with Crippen LogP contribution in [0.4, 0.5) is 10.5 Å². The van der Waals surface area contributed by atoms with Gasteiger partial charge in [0.1, 0.15) is 5.60 Å². The van der Waals surface area contributed by atoms with Crippen LogP contribution < -0.4 is 4.90 Å². The van der Waals surface area contributed by atoms with Gasteiger partial charge in [0, 0.05) is 31.2 Å². The van der Waals surface area contributed by atoms with Crippen LogP contribution in [0.3, 0.4) is 0 Å². The van der Waals surface area contributed by atoms with Crippen molar-refractivity contribution in [1.82, 2.24) is 9.88 Å². The number of rotatable bonds is 1. The van der Waals surface area contributed by atoms with Gasteiger partial charge in [0.05, 0.1) is 17.8 Å². The van der Waals surface area contributed by atoms with Gasteiger partial charge in [-0.2, -0.15) is 0 Å². The first-order chi connectivity index (χ1) is 10.7. The average molecular weight is 317 g/mol. The molecule has 6 nitrogen and oxygen atoms in total. The molecule has 0 spiro atoms. The van der Waals surface area contributed by atoms with Crippen LogP contribution in [-0.4, -0.2) is 47.1 Å². The zero-order valence-electron chi connectivity index (χ0n) is 14.1. The third kappa shape index (κ3) is 3.16. The van der Waals surface area contributed by atoms with E-state index in [0.29, 0.717) is 19.6 Å². The molecule has 124 valence electrons. The fourth-order valence-corrected chi connectivity index (χ4v) is 3.19. The largest absolute Gasteiger partial charge is 0.444 e. The maximum Gasteiger partial charge on any atom is 0.410 e. The van der Waals surface area contributed by atoms with Crippen molar-refractivity contribution in [3.05, 3.63) is 24.0 Å². The molecule has 2 atom stereocenters. The van der Waals surface area contributed by atoms with Gasteiger partial charge in [0.2, 0.25) is 5.91 Å². The molecule has 2 fully saturated rings. The highest BCUT2D eigenvalue weighted by Gasteiger charge is 2.48. The van der Waals surface area contributed by atoms with Crippen molar-refractivity contribution in [3.8, 4) is 0 Å². The Morgan fingerprint density at radius 1 is 1.26 bits per heavy atom. The monoisotopic (exact) mass is 317 g/mol. The number of hydrogen-bond acceptors (Lipinski definition) is 4. The van der Waals surface area contributed by atoms with Crippen LogP contribution in [0.1, 0.15) is 26.5 Å². The van der Waals surface area contributed by atoms with E-state index in [4.69, 9.17) is 4.74 Å². The highest BCUT2D eigenvalue weighted by Crippen LogP contribution is 2.35. The van der Waals surface area contributed by atoms with Crippen LogP contribution in [0.5, 0.6) is 0 Å². The van der Waals surface area contributed by atoms with Gasteiger partial charge in [-0.3, -0.25) is 9.78 Å². The number of carbonyl (C=O) groups is 2. The van der Waals surface area contributed by atoms with Gasteiger partial charge in [-0.1, -0.05) is 0 Å². The van der Waals surface area contributed by atoms with E-state index in [1.165, 1.54) is 0 Å². The van der Waals surface area contributed by atoms with Crippen LogP contribution in [0, 0.1) is 18.8 Å². The number of carbonyl (C=O) groups excluding carboxylic acids is 2. The minimum Gasteiger partial charge on any atom is -0.444 e. The number of aromatic nitrogens is 1. The molecule has 1 aromatic heterocycles. The molecular formula is C17H23N3O3. The fraction of sp³-hybridized carbons (Fsp3) is 0.588. The summed E-state index contributed by atoms with van der Waals surface area (Å²) in [6.07, 6.45) is 1.41. The standard InChI is InChI=1S/C17H23N3O3/c1-11-5-6-13(7-18-11)20-9-12-8-19(10-14(12)15(20)21)16(22)23-17(2,3)4/h5-7,12,14H,8-10H2,1-4H3. The van der Waals surface area contributed by atoms with Crippen LogP contribution in [0.15, 0.2) is 18.3 Å². The van der Waals surface area contributed by atoms with Crippen molar-refractivity contribution in [2.45, 2.75) is 33.3 Å². The second kappa shape index (κ2) is 5.51. The van der Waals surface area contributed by atoms with Gasteiger partial charge < -0.3 is 14.5 Å². The Morgan fingerprint density at radius 3 is 2.57 bits per heavy atom. The Kier molecular flexibility index (Phi) is 3.78. The first-order valence-electron chi connectivity index (χ1n) is 7.96. The highest BCUT2D eigenvalue weighted by atomic mass is 16.6. The summed E-state index contributed by atoms with van der Waals surface area (Å²) < 4.78 is 5.40. The number of pyridine rings is 1. The summed E-state index contributed by atoms with van der Waals surface area (Å²) in [5.74, 6) is 0.104. The molecule has 0 aliphatic carbocycles. The number of amides is 2. The van der Waals surface area contributed by atoms with E-state index in [-0.39, 0.29) is 23.8 Å². The lowest BCUT2D eigenvalue weighted by Crippen LogP contribution is -2.38. The minimum atomic E-state index is -0.515. The van der Waals surface area contributed by atoms with E-state index < -0.39 is 5.60 Å². The Bertz CT molecular complexity index is 621. The molecule has 0 N–H and O–H groups in total. The van der Waals surface area contributed by atoms with Crippen LogP contribution >= 0.6 is 0 Å². The maximum absolute atomic E-state index is 12.6. The molecule has 0 saturated carbocycles. The highest BCUT2D eigenvalue weighted by molar-refractivity contribution is 5.98. The van der Waals surface area contributed by atoms with Crippen LogP contribution in [0.2, 0.25) is 0 Å². The Hall–Kier alpha value is -2.11. The first kappa shape index (κ1) is 15.8. The second-order valence-corrected chi connectivity index (χ2v) is 7.36. The lowest BCUT2D eigenvalue weighted by atomic mass is 10.0. The number of likely N-dealkylation sites (tertiary alicyclic amines) is 1. The van der Waals surface area contributed by atoms with Crippen molar-refractivity contribution in [3.63, 3.8) is 0 Å². The zero-order chi connectivity index (χ0) is 16.8. The molecule has 2 unspecified atom stereocenters. The molecule has 23 heavy (non-hydrogen) atoms. The molecule has 2 saturated heterocycles. The molecule has 2 aliphatic rings. The van der Waals surface area contributed by atoms with Crippen molar-refractivity contribution in [2.24, 2.45) is 11.8 Å². The molecule has 0 bridgehead atoms. The quantitative estimate of drug-likeness (QED) is 0.797. The number of nitrogens with zero attached hydrogens (tertiary/aromatic N) is 3. The van der Waals surface area contributed by atoms with Gasteiger partial charge in [-0.15, -0.1) is 0 Å². The van der Waals surface area contributed by atoms with Crippen molar-refractivity contribution in [1.29, 1.82) is 0 Å². The normalized spacial score (nSPS) is 24.1. The predicted molar refractivity (Wildman–Crippen MR) is 86.1 cm³/mol. The third-order valence-electron chi connectivity index (χ3n) is 4.30. The zero-order valence-corrected chi connectivity index (χ0v) is 14.1. The molecule has 2 amide bonds. The molecule has 0 radical (unpaired) electrons.